The molecule has 4 N–H and O–H groups in total. The van der Waals surface area contributed by atoms with E-state index < -0.39 is 5.17 Å². The van der Waals surface area contributed by atoms with E-state index in [0.29, 0.717) is 0 Å². The summed E-state index contributed by atoms with van der Waals surface area (Å²) in [6.45, 7) is 6.30. The van der Waals surface area contributed by atoms with Gasteiger partial charge in [-0.2, -0.15) is 0 Å². The molecule has 0 amide bonds. The second-order valence-corrected chi connectivity index (χ2v) is 6.22. The molecule has 0 unspecified atom stereocenters. The second-order valence-electron chi connectivity index (χ2n) is 5.44. The summed E-state index contributed by atoms with van der Waals surface area (Å²) in [5, 5.41) is 16.6. The first-order valence-corrected chi connectivity index (χ1v) is 9.23. The van der Waals surface area contributed by atoms with Crippen LogP contribution in [0.15, 0.2) is 0 Å². The number of nitrogens with two attached hydrogens (primary N) is 1. The van der Waals surface area contributed by atoms with Crippen molar-refractivity contribution in [2.75, 3.05) is 13.1 Å². The van der Waals surface area contributed by atoms with Crippen LogP contribution in [0.5, 0.6) is 0 Å². The first-order valence-electron chi connectivity index (χ1n) is 8.41. The third kappa shape index (κ3) is 27.5. The number of rotatable bonds is 12. The van der Waals surface area contributed by atoms with Crippen LogP contribution in [0, 0.1) is 0 Å². The summed E-state index contributed by atoms with van der Waals surface area (Å²) in [4.78, 5) is 1.97. The molecule has 0 saturated carbocycles. The van der Waals surface area contributed by atoms with Crippen molar-refractivity contribution in [2.24, 2.45) is 5.73 Å². The number of hydrogen-bond acceptors (Lipinski definition) is 2. The molecule has 0 bridgehead atoms. The van der Waals surface area contributed by atoms with Gasteiger partial charge in [-0.05, 0) is 37.3 Å². The van der Waals surface area contributed by atoms with Gasteiger partial charge in [0.2, 0.25) is 0 Å². The van der Waals surface area contributed by atoms with Crippen LogP contribution in [-0.4, -0.2) is 68.1 Å². The van der Waals surface area contributed by atoms with E-state index in [1.165, 1.54) is 51.4 Å². The van der Waals surface area contributed by atoms with Crippen molar-refractivity contribution in [3.63, 3.8) is 0 Å². The van der Waals surface area contributed by atoms with Crippen LogP contribution in [0.2, 0.25) is 0 Å². The molecular weight excluding hydrogens is 339 g/mol. The van der Waals surface area contributed by atoms with E-state index in [1.807, 2.05) is 4.90 Å². The Labute approximate surface area is 175 Å². The molecule has 0 aromatic carbocycles. The summed E-state index contributed by atoms with van der Waals surface area (Å²) < 4.78 is 0. The molecule has 0 rings (SSSR count). The van der Waals surface area contributed by atoms with Gasteiger partial charge >= 0.3 is 29.6 Å². The fourth-order valence-corrected chi connectivity index (χ4v) is 2.30. The Morgan fingerprint density at radius 3 is 1.35 bits per heavy atom. The van der Waals surface area contributed by atoms with Gasteiger partial charge in [0.15, 0.2) is 0 Å². The normalized spacial score (nSPS) is 9.30. The molecule has 0 fully saturated rings. The molecule has 0 heterocycles. The molecular formula is C16H35N2NaO2S2. The number of hydrogen-bond donors (Lipinski definition) is 3. The fourth-order valence-electron chi connectivity index (χ4n) is 2.12. The van der Waals surface area contributed by atoms with Gasteiger partial charge in [-0.1, -0.05) is 65.2 Å². The van der Waals surface area contributed by atoms with E-state index in [4.69, 9.17) is 17.3 Å². The molecule has 0 aromatic rings. The van der Waals surface area contributed by atoms with Gasteiger partial charge in [-0.3, -0.25) is 0 Å². The van der Waals surface area contributed by atoms with Crippen molar-refractivity contribution in [1.29, 1.82) is 0 Å². The Kier molecular flexibility index (Phi) is 27.4. The van der Waals surface area contributed by atoms with Crippen LogP contribution in [-0.2, 0) is 0 Å². The minimum absolute atomic E-state index is 0. The van der Waals surface area contributed by atoms with Crippen LogP contribution in [0.25, 0.3) is 0 Å². The van der Waals surface area contributed by atoms with Gasteiger partial charge in [0.05, 0.1) is 0 Å². The number of aliphatic hydroxyl groups is 2. The molecule has 0 atom stereocenters. The molecule has 0 spiro atoms. The quantitative estimate of drug-likeness (QED) is 0.270. The van der Waals surface area contributed by atoms with E-state index in [1.54, 1.807) is 0 Å². The summed E-state index contributed by atoms with van der Waals surface area (Å²) in [6, 6.07) is 0. The van der Waals surface area contributed by atoms with Gasteiger partial charge in [0.25, 0.3) is 10.3 Å². The Morgan fingerprint density at radius 2 is 1.09 bits per heavy atom. The van der Waals surface area contributed by atoms with E-state index in [0.717, 1.165) is 25.9 Å². The topological polar surface area (TPSA) is 69.7 Å². The van der Waals surface area contributed by atoms with Crippen LogP contribution >= 0.6 is 24.4 Å². The van der Waals surface area contributed by atoms with E-state index in [9.17, 15) is 5.11 Å². The van der Waals surface area contributed by atoms with Crippen molar-refractivity contribution in [1.82, 2.24) is 4.90 Å². The zero-order valence-corrected chi connectivity index (χ0v) is 15.9. The maximum absolute atomic E-state index is 9.47. The monoisotopic (exact) mass is 374 g/mol. The Bertz CT molecular complexity index is 265. The minimum atomic E-state index is -0.500. The van der Waals surface area contributed by atoms with E-state index in [-0.39, 0.29) is 34.7 Å². The molecule has 0 aliphatic rings. The molecule has 0 aromatic heterocycles. The van der Waals surface area contributed by atoms with Crippen molar-refractivity contribution >= 4 is 64.3 Å². The van der Waals surface area contributed by atoms with Crippen LogP contribution in [0.4, 0.5) is 0 Å². The van der Waals surface area contributed by atoms with Gasteiger partial charge < -0.3 is 20.8 Å². The molecule has 0 aliphatic carbocycles. The first kappa shape index (κ1) is 28.2. The number of aliphatic hydroxyl groups excluding tert-OH is 2. The van der Waals surface area contributed by atoms with Gasteiger partial charge in [0, 0.05) is 13.1 Å². The van der Waals surface area contributed by atoms with Crippen molar-refractivity contribution in [3.8, 4) is 0 Å². The number of nitrogens with zero attached hydrogens (tertiary/aromatic N) is 1. The summed E-state index contributed by atoms with van der Waals surface area (Å²) in [7, 11) is 0. The van der Waals surface area contributed by atoms with Crippen molar-refractivity contribution in [2.45, 2.75) is 78.1 Å². The Morgan fingerprint density at radius 1 is 0.783 bits per heavy atom. The van der Waals surface area contributed by atoms with Crippen LogP contribution in [0.1, 0.15) is 78.1 Å². The number of thiocarbonyl (C=S) groups is 2. The Hall–Kier alpha value is 0.380. The standard InChI is InChI=1S/C15H31NOS.CH3NOS.Na.H/c1-3-5-7-9-11-13-16(15(17)18)14-12-10-8-6-4-2;2-1(3)4;;/h3-14H2,1-2H3,(H,17,18);(H3,2,3,4);;. The molecule has 0 saturated heterocycles. The predicted molar refractivity (Wildman–Crippen MR) is 111 cm³/mol. The Balaban J connectivity index is -0.000000712. The zero-order chi connectivity index (χ0) is 17.2. The third-order valence-corrected chi connectivity index (χ3v) is 3.59. The second kappa shape index (κ2) is 22.4. The third-order valence-electron chi connectivity index (χ3n) is 3.33. The summed E-state index contributed by atoms with van der Waals surface area (Å²) in [5.41, 5.74) is 4.40. The van der Waals surface area contributed by atoms with Gasteiger partial charge in [-0.25, -0.2) is 0 Å². The number of unbranched alkanes of at least 4 members (excludes halogenated alkanes) is 8. The van der Waals surface area contributed by atoms with Crippen LogP contribution in [0.3, 0.4) is 0 Å². The van der Waals surface area contributed by atoms with Gasteiger partial charge in [0.1, 0.15) is 0 Å². The average Bonchev–Trinajstić information content (AvgIpc) is 2.43. The molecule has 4 nitrogen and oxygen atoms in total. The van der Waals surface area contributed by atoms with E-state index >= 15 is 0 Å². The zero-order valence-electron chi connectivity index (χ0n) is 14.2. The fraction of sp³-hybridized carbons (Fsp3) is 0.875. The van der Waals surface area contributed by atoms with Crippen LogP contribution < -0.4 is 5.73 Å². The van der Waals surface area contributed by atoms with Crippen molar-refractivity contribution < 1.29 is 10.2 Å². The maximum atomic E-state index is 9.47. The SMILES string of the molecule is CCCCCCCN(CCCCCCC)C(O)=S.NC(O)=S.[NaH]. The summed E-state index contributed by atoms with van der Waals surface area (Å²) in [5.74, 6) is 0. The van der Waals surface area contributed by atoms with Gasteiger partial charge in [-0.15, -0.1) is 0 Å². The van der Waals surface area contributed by atoms with Crippen molar-refractivity contribution in [3.05, 3.63) is 0 Å². The molecule has 7 heteroatoms. The predicted octanol–water partition coefficient (Wildman–Crippen LogP) is 4.21. The molecule has 0 aliphatic heterocycles. The molecule has 23 heavy (non-hydrogen) atoms. The molecule has 0 radical (unpaired) electrons. The summed E-state index contributed by atoms with van der Waals surface area (Å²) in [6.07, 6.45) is 12.6. The first-order chi connectivity index (χ1) is 10.5. The average molecular weight is 375 g/mol. The summed E-state index contributed by atoms with van der Waals surface area (Å²) >= 11 is 8.77. The molecule has 134 valence electrons. The van der Waals surface area contributed by atoms with E-state index in [2.05, 4.69) is 31.8 Å².